The first kappa shape index (κ1) is 15.1. The molecule has 0 bridgehead atoms. The number of hydrazone groups is 1. The van der Waals surface area contributed by atoms with Crippen LogP contribution in [0.2, 0.25) is 5.02 Å². The van der Waals surface area contributed by atoms with E-state index < -0.39 is 0 Å². The molecule has 0 aliphatic carbocycles. The fraction of sp³-hybridized carbons (Fsp3) is 0.125. The van der Waals surface area contributed by atoms with Crippen LogP contribution in [0.5, 0.6) is 5.75 Å². The molecular weight excluding hydrogens is 288 g/mol. The molecule has 108 valence electrons. The highest BCUT2D eigenvalue weighted by molar-refractivity contribution is 6.30. The molecule has 2 aromatic rings. The van der Waals surface area contributed by atoms with Crippen LogP contribution < -0.4 is 5.43 Å². The minimum Gasteiger partial charge on any atom is -0.507 e. The lowest BCUT2D eigenvalue weighted by Crippen LogP contribution is -2.19. The Morgan fingerprint density at radius 2 is 1.86 bits per heavy atom. The number of aromatic hydroxyl groups is 1. The third-order valence-corrected chi connectivity index (χ3v) is 3.20. The highest BCUT2D eigenvalue weighted by Gasteiger charge is 2.08. The topological polar surface area (TPSA) is 61.7 Å². The van der Waals surface area contributed by atoms with Crippen molar-refractivity contribution in [3.8, 4) is 5.75 Å². The van der Waals surface area contributed by atoms with Gasteiger partial charge in [0.1, 0.15) is 5.75 Å². The van der Waals surface area contributed by atoms with Crippen LogP contribution in [0, 0.1) is 0 Å². The van der Waals surface area contributed by atoms with Gasteiger partial charge in [-0.15, -0.1) is 0 Å². The summed E-state index contributed by atoms with van der Waals surface area (Å²) < 4.78 is 0. The van der Waals surface area contributed by atoms with Crippen LogP contribution in [0.3, 0.4) is 0 Å². The summed E-state index contributed by atoms with van der Waals surface area (Å²) >= 11 is 5.78. The number of amides is 1. The fourth-order valence-electron chi connectivity index (χ4n) is 1.83. The number of phenolic OH excluding ortho intramolecular Hbond substituents is 1. The van der Waals surface area contributed by atoms with Gasteiger partial charge in [-0.2, -0.15) is 5.10 Å². The van der Waals surface area contributed by atoms with Crippen LogP contribution in [-0.4, -0.2) is 16.7 Å². The number of carbonyl (C=O) groups excluding carboxylic acids is 1. The molecule has 0 saturated carbocycles. The van der Waals surface area contributed by atoms with Crippen LogP contribution >= 0.6 is 11.6 Å². The largest absolute Gasteiger partial charge is 0.507 e. The highest BCUT2D eigenvalue weighted by atomic mass is 35.5. The van der Waals surface area contributed by atoms with Gasteiger partial charge in [-0.05, 0) is 42.8 Å². The number of hydrogen-bond donors (Lipinski definition) is 2. The molecule has 0 aromatic heterocycles. The monoisotopic (exact) mass is 302 g/mol. The van der Waals surface area contributed by atoms with Crippen molar-refractivity contribution in [2.75, 3.05) is 0 Å². The summed E-state index contributed by atoms with van der Waals surface area (Å²) in [6.07, 6.45) is 0.582. The maximum Gasteiger partial charge on any atom is 0.271 e. The predicted molar refractivity (Wildman–Crippen MR) is 83.9 cm³/mol. The molecule has 0 saturated heterocycles. The number of carbonyl (C=O) groups is 1. The van der Waals surface area contributed by atoms with Gasteiger partial charge in [-0.1, -0.05) is 30.7 Å². The summed E-state index contributed by atoms with van der Waals surface area (Å²) in [6.45, 7) is 1.90. The number of hydrogen-bond acceptors (Lipinski definition) is 3. The molecule has 1 amide bonds. The summed E-state index contributed by atoms with van der Waals surface area (Å²) in [5.41, 5.74) is 4.17. The Morgan fingerprint density at radius 3 is 2.48 bits per heavy atom. The molecule has 4 nitrogen and oxygen atoms in total. The summed E-state index contributed by atoms with van der Waals surface area (Å²) in [7, 11) is 0. The van der Waals surface area contributed by atoms with Crippen LogP contribution in [0.15, 0.2) is 53.6 Å². The molecule has 2 N–H and O–H groups in total. The van der Waals surface area contributed by atoms with Crippen molar-refractivity contribution in [3.05, 3.63) is 64.7 Å². The van der Waals surface area contributed by atoms with Crippen molar-refractivity contribution in [1.82, 2.24) is 5.43 Å². The Kier molecular flexibility index (Phi) is 4.95. The average molecular weight is 303 g/mol. The Bertz CT molecular complexity index is 666. The Balaban J connectivity index is 2.16. The molecule has 0 radical (unpaired) electrons. The van der Waals surface area contributed by atoms with Crippen molar-refractivity contribution in [2.24, 2.45) is 5.10 Å². The van der Waals surface area contributed by atoms with E-state index in [-0.39, 0.29) is 11.7 Å². The van der Waals surface area contributed by atoms with Crippen molar-refractivity contribution >= 4 is 23.2 Å². The van der Waals surface area contributed by atoms with E-state index in [9.17, 15) is 9.90 Å². The quantitative estimate of drug-likeness (QED) is 0.669. The van der Waals surface area contributed by atoms with Gasteiger partial charge in [0.15, 0.2) is 0 Å². The Morgan fingerprint density at radius 1 is 1.19 bits per heavy atom. The standard InChI is InChI=1S/C16H15ClN2O2/c1-2-14(13-5-3-4-6-15(13)20)18-19-16(21)11-7-9-12(17)10-8-11/h3-10,20H,2H2,1H3,(H,19,21)/b18-14+. The van der Waals surface area contributed by atoms with E-state index in [1.165, 1.54) is 0 Å². The second-order valence-electron chi connectivity index (χ2n) is 4.38. The van der Waals surface area contributed by atoms with E-state index in [4.69, 9.17) is 11.6 Å². The number of benzene rings is 2. The lowest BCUT2D eigenvalue weighted by Gasteiger charge is -2.07. The number of rotatable bonds is 4. The molecular formula is C16H15ClN2O2. The van der Waals surface area contributed by atoms with Gasteiger partial charge in [0.2, 0.25) is 0 Å². The van der Waals surface area contributed by atoms with Crippen LogP contribution in [-0.2, 0) is 0 Å². The summed E-state index contributed by atoms with van der Waals surface area (Å²) in [4.78, 5) is 12.0. The van der Waals surface area contributed by atoms with Gasteiger partial charge in [0.05, 0.1) is 5.71 Å². The summed E-state index contributed by atoms with van der Waals surface area (Å²) in [5, 5.41) is 14.5. The highest BCUT2D eigenvalue weighted by Crippen LogP contribution is 2.18. The lowest BCUT2D eigenvalue weighted by molar-refractivity contribution is 0.0955. The van der Waals surface area contributed by atoms with Gasteiger partial charge in [0, 0.05) is 16.1 Å². The second kappa shape index (κ2) is 6.90. The normalized spacial score (nSPS) is 11.2. The molecule has 21 heavy (non-hydrogen) atoms. The first-order valence-electron chi connectivity index (χ1n) is 6.52. The second-order valence-corrected chi connectivity index (χ2v) is 4.81. The van der Waals surface area contributed by atoms with Crippen LogP contribution in [0.1, 0.15) is 29.3 Å². The van der Waals surface area contributed by atoms with Gasteiger partial charge in [0.25, 0.3) is 5.91 Å². The van der Waals surface area contributed by atoms with Crippen LogP contribution in [0.25, 0.3) is 0 Å². The van der Waals surface area contributed by atoms with Gasteiger partial charge in [-0.3, -0.25) is 4.79 Å². The number of nitrogens with zero attached hydrogens (tertiary/aromatic N) is 1. The van der Waals surface area contributed by atoms with E-state index in [1.54, 1.807) is 48.5 Å². The van der Waals surface area contributed by atoms with Crippen molar-refractivity contribution in [3.63, 3.8) is 0 Å². The van der Waals surface area contributed by atoms with Gasteiger partial charge in [-0.25, -0.2) is 5.43 Å². The van der Waals surface area contributed by atoms with E-state index in [2.05, 4.69) is 10.5 Å². The lowest BCUT2D eigenvalue weighted by atomic mass is 10.1. The molecule has 0 fully saturated rings. The molecule has 0 heterocycles. The van der Waals surface area contributed by atoms with Gasteiger partial charge >= 0.3 is 0 Å². The van der Waals surface area contributed by atoms with E-state index in [0.29, 0.717) is 28.3 Å². The van der Waals surface area contributed by atoms with Gasteiger partial charge < -0.3 is 5.11 Å². The zero-order valence-electron chi connectivity index (χ0n) is 11.5. The molecule has 5 heteroatoms. The number of nitrogens with one attached hydrogen (secondary N) is 1. The minimum atomic E-state index is -0.326. The van der Waals surface area contributed by atoms with Crippen molar-refractivity contribution in [1.29, 1.82) is 0 Å². The average Bonchev–Trinajstić information content (AvgIpc) is 2.50. The maximum absolute atomic E-state index is 12.0. The first-order valence-corrected chi connectivity index (χ1v) is 6.90. The number of halogens is 1. The Hall–Kier alpha value is -2.33. The third kappa shape index (κ3) is 3.83. The maximum atomic E-state index is 12.0. The summed E-state index contributed by atoms with van der Waals surface area (Å²) in [6, 6.07) is 13.4. The summed E-state index contributed by atoms with van der Waals surface area (Å²) in [5.74, 6) is -0.188. The predicted octanol–water partition coefficient (Wildman–Crippen LogP) is 3.59. The third-order valence-electron chi connectivity index (χ3n) is 2.95. The first-order chi connectivity index (χ1) is 10.1. The van der Waals surface area contributed by atoms with E-state index in [1.807, 2.05) is 6.92 Å². The van der Waals surface area contributed by atoms with Crippen molar-refractivity contribution < 1.29 is 9.90 Å². The SMILES string of the molecule is CC/C(=N\NC(=O)c1ccc(Cl)cc1)c1ccccc1O. The zero-order chi connectivity index (χ0) is 15.2. The molecule has 2 rings (SSSR count). The van der Waals surface area contributed by atoms with Crippen LogP contribution in [0.4, 0.5) is 0 Å². The minimum absolute atomic E-state index is 0.138. The molecule has 0 aliphatic rings. The smallest absolute Gasteiger partial charge is 0.271 e. The fourth-order valence-corrected chi connectivity index (χ4v) is 1.96. The molecule has 2 aromatic carbocycles. The van der Waals surface area contributed by atoms with E-state index in [0.717, 1.165) is 0 Å². The number of para-hydroxylation sites is 1. The van der Waals surface area contributed by atoms with Crippen molar-refractivity contribution in [2.45, 2.75) is 13.3 Å². The molecule has 0 spiro atoms. The molecule has 0 aliphatic heterocycles. The zero-order valence-corrected chi connectivity index (χ0v) is 12.3. The molecule has 0 unspecified atom stereocenters. The Labute approximate surface area is 128 Å². The molecule has 0 atom stereocenters. The number of phenols is 1. The van der Waals surface area contributed by atoms with E-state index >= 15 is 0 Å².